The number of carbonyl (C=O) groups is 1. The molecule has 3 nitrogen and oxygen atoms in total. The van der Waals surface area contributed by atoms with Gasteiger partial charge in [-0.05, 0) is 29.9 Å². The number of likely N-dealkylation sites (tertiary alicyclic amines) is 1. The smallest absolute Gasteiger partial charge is 0.222 e. The number of benzene rings is 1. The van der Waals surface area contributed by atoms with Crippen LogP contribution in [0.4, 0.5) is 0 Å². The Morgan fingerprint density at radius 2 is 2.15 bits per heavy atom. The molecule has 0 aliphatic carbocycles. The molecule has 1 heterocycles. The zero-order valence-corrected chi connectivity index (χ0v) is 13.0. The van der Waals surface area contributed by atoms with Crippen molar-refractivity contribution in [1.82, 2.24) is 4.90 Å². The molecule has 2 rings (SSSR count). The number of aryl methyl sites for hydroxylation is 1. The molecule has 1 aromatic carbocycles. The minimum atomic E-state index is -0.00168. The van der Waals surface area contributed by atoms with E-state index in [-0.39, 0.29) is 17.4 Å². The number of nitrogens with zero attached hydrogens (tertiary/aromatic N) is 1. The van der Waals surface area contributed by atoms with Crippen LogP contribution in [0.2, 0.25) is 5.02 Å². The summed E-state index contributed by atoms with van der Waals surface area (Å²) in [5.74, 6) is 0.199. The van der Waals surface area contributed by atoms with E-state index in [9.17, 15) is 4.79 Å². The van der Waals surface area contributed by atoms with Crippen molar-refractivity contribution in [2.75, 3.05) is 13.1 Å². The summed E-state index contributed by atoms with van der Waals surface area (Å²) in [6, 6.07) is 7.88. The van der Waals surface area contributed by atoms with Gasteiger partial charge >= 0.3 is 0 Å². The Bertz CT molecular complexity index is 487. The first-order chi connectivity index (χ1) is 9.40. The summed E-state index contributed by atoms with van der Waals surface area (Å²) in [7, 11) is 0. The average Bonchev–Trinajstić information content (AvgIpc) is 2.40. The molecule has 110 valence electrons. The largest absolute Gasteiger partial charge is 0.342 e. The van der Waals surface area contributed by atoms with Crippen LogP contribution in [0, 0.1) is 5.41 Å². The molecular formula is C16H23ClN2O. The summed E-state index contributed by atoms with van der Waals surface area (Å²) in [4.78, 5) is 14.3. The van der Waals surface area contributed by atoms with Crippen LogP contribution in [0.3, 0.4) is 0 Å². The summed E-state index contributed by atoms with van der Waals surface area (Å²) in [5, 5.41) is 0.737. The zero-order chi connectivity index (χ0) is 14.8. The number of hydrogen-bond donors (Lipinski definition) is 1. The van der Waals surface area contributed by atoms with Crippen LogP contribution in [0.15, 0.2) is 24.3 Å². The van der Waals surface area contributed by atoms with Gasteiger partial charge in [0.25, 0.3) is 0 Å². The molecule has 0 saturated carbocycles. The number of carbonyl (C=O) groups excluding carboxylic acids is 1. The molecule has 1 aliphatic rings. The minimum absolute atomic E-state index is 0.00168. The Labute approximate surface area is 126 Å². The number of nitrogens with two attached hydrogens (primary N) is 1. The van der Waals surface area contributed by atoms with E-state index in [1.165, 1.54) is 0 Å². The zero-order valence-electron chi connectivity index (χ0n) is 12.2. The summed E-state index contributed by atoms with van der Waals surface area (Å²) >= 11 is 6.12. The first-order valence-electron chi connectivity index (χ1n) is 7.17. The van der Waals surface area contributed by atoms with E-state index >= 15 is 0 Å². The highest BCUT2D eigenvalue weighted by Crippen LogP contribution is 2.28. The van der Waals surface area contributed by atoms with Crippen LogP contribution in [-0.2, 0) is 11.2 Å². The van der Waals surface area contributed by atoms with Crippen molar-refractivity contribution in [3.63, 3.8) is 0 Å². The third-order valence-corrected chi connectivity index (χ3v) is 4.60. The van der Waals surface area contributed by atoms with E-state index in [1.807, 2.05) is 29.2 Å². The van der Waals surface area contributed by atoms with Crippen LogP contribution in [-0.4, -0.2) is 29.9 Å². The molecule has 1 atom stereocenters. The normalized spacial score (nSPS) is 21.8. The quantitative estimate of drug-likeness (QED) is 0.932. The van der Waals surface area contributed by atoms with Crippen molar-refractivity contribution in [1.29, 1.82) is 0 Å². The summed E-state index contributed by atoms with van der Waals surface area (Å²) in [6.45, 7) is 5.78. The predicted molar refractivity (Wildman–Crippen MR) is 82.7 cm³/mol. The predicted octanol–water partition coefficient (Wildman–Crippen LogP) is 2.86. The highest BCUT2D eigenvalue weighted by atomic mass is 35.5. The Kier molecular flexibility index (Phi) is 4.71. The average molecular weight is 295 g/mol. The van der Waals surface area contributed by atoms with Crippen molar-refractivity contribution in [3.8, 4) is 0 Å². The number of hydrogen-bond acceptors (Lipinski definition) is 2. The van der Waals surface area contributed by atoms with Crippen molar-refractivity contribution in [2.24, 2.45) is 11.1 Å². The topological polar surface area (TPSA) is 46.3 Å². The molecular weight excluding hydrogens is 272 g/mol. The monoisotopic (exact) mass is 294 g/mol. The lowest BCUT2D eigenvalue weighted by Gasteiger charge is -2.42. The van der Waals surface area contributed by atoms with Gasteiger partial charge in [-0.1, -0.05) is 43.6 Å². The van der Waals surface area contributed by atoms with E-state index in [0.29, 0.717) is 12.8 Å². The summed E-state index contributed by atoms with van der Waals surface area (Å²) in [6.07, 6.45) is 2.08. The van der Waals surface area contributed by atoms with Gasteiger partial charge in [0.05, 0.1) is 0 Å². The van der Waals surface area contributed by atoms with Crippen LogP contribution >= 0.6 is 11.6 Å². The molecule has 0 radical (unpaired) electrons. The highest BCUT2D eigenvalue weighted by molar-refractivity contribution is 6.31. The van der Waals surface area contributed by atoms with Crippen molar-refractivity contribution in [2.45, 2.75) is 39.2 Å². The molecule has 1 unspecified atom stereocenters. The number of rotatable bonds is 3. The van der Waals surface area contributed by atoms with E-state index in [4.69, 9.17) is 17.3 Å². The second-order valence-electron chi connectivity index (χ2n) is 6.29. The lowest BCUT2D eigenvalue weighted by Crippen LogP contribution is -2.54. The molecule has 0 bridgehead atoms. The Morgan fingerprint density at radius 3 is 2.80 bits per heavy atom. The highest BCUT2D eigenvalue weighted by Gasteiger charge is 2.34. The van der Waals surface area contributed by atoms with Gasteiger partial charge in [0, 0.05) is 30.6 Å². The molecule has 4 heteroatoms. The molecule has 1 amide bonds. The van der Waals surface area contributed by atoms with E-state index in [2.05, 4.69) is 13.8 Å². The number of halogens is 1. The Balaban J connectivity index is 1.91. The molecule has 1 aliphatic heterocycles. The van der Waals surface area contributed by atoms with Crippen molar-refractivity contribution >= 4 is 17.5 Å². The molecule has 0 spiro atoms. The number of amides is 1. The maximum atomic E-state index is 12.3. The van der Waals surface area contributed by atoms with Crippen LogP contribution in [0.5, 0.6) is 0 Å². The summed E-state index contributed by atoms with van der Waals surface area (Å²) in [5.41, 5.74) is 7.14. The van der Waals surface area contributed by atoms with Gasteiger partial charge in [-0.3, -0.25) is 4.79 Å². The van der Waals surface area contributed by atoms with Gasteiger partial charge in [0.2, 0.25) is 5.91 Å². The second kappa shape index (κ2) is 6.15. The minimum Gasteiger partial charge on any atom is -0.342 e. The van der Waals surface area contributed by atoms with Gasteiger partial charge in [-0.25, -0.2) is 0 Å². The van der Waals surface area contributed by atoms with E-state index < -0.39 is 0 Å². The molecule has 1 fully saturated rings. The first-order valence-corrected chi connectivity index (χ1v) is 7.55. The van der Waals surface area contributed by atoms with Gasteiger partial charge in [-0.15, -0.1) is 0 Å². The lowest BCUT2D eigenvalue weighted by molar-refractivity contribution is -0.134. The molecule has 1 aromatic rings. The third kappa shape index (κ3) is 3.53. The van der Waals surface area contributed by atoms with Crippen LogP contribution in [0.25, 0.3) is 0 Å². The van der Waals surface area contributed by atoms with E-state index in [0.717, 1.165) is 30.1 Å². The Hall–Kier alpha value is -1.06. The molecule has 20 heavy (non-hydrogen) atoms. The number of piperidine rings is 1. The van der Waals surface area contributed by atoms with Gasteiger partial charge < -0.3 is 10.6 Å². The lowest BCUT2D eigenvalue weighted by atomic mass is 9.79. The molecule has 1 saturated heterocycles. The second-order valence-corrected chi connectivity index (χ2v) is 6.70. The first kappa shape index (κ1) is 15.3. The summed E-state index contributed by atoms with van der Waals surface area (Å²) < 4.78 is 0. The molecule has 0 aromatic heterocycles. The SMILES string of the molecule is CC1(C)CN(C(=O)CCc2ccccc2Cl)CCC1N. The maximum absolute atomic E-state index is 12.3. The molecule has 2 N–H and O–H groups in total. The third-order valence-electron chi connectivity index (χ3n) is 4.23. The van der Waals surface area contributed by atoms with Crippen molar-refractivity contribution < 1.29 is 4.79 Å². The van der Waals surface area contributed by atoms with E-state index in [1.54, 1.807) is 0 Å². The fourth-order valence-corrected chi connectivity index (χ4v) is 2.92. The fourth-order valence-electron chi connectivity index (χ4n) is 2.69. The van der Waals surface area contributed by atoms with Gasteiger partial charge in [-0.2, -0.15) is 0 Å². The van der Waals surface area contributed by atoms with Crippen LogP contribution < -0.4 is 5.73 Å². The fraction of sp³-hybridized carbons (Fsp3) is 0.562. The van der Waals surface area contributed by atoms with Gasteiger partial charge in [0.1, 0.15) is 0 Å². The van der Waals surface area contributed by atoms with Crippen molar-refractivity contribution in [3.05, 3.63) is 34.9 Å². The maximum Gasteiger partial charge on any atom is 0.222 e. The van der Waals surface area contributed by atoms with Gasteiger partial charge in [0.15, 0.2) is 0 Å². The standard InChI is InChI=1S/C16H23ClN2O/c1-16(2)11-19(10-9-14(16)18)15(20)8-7-12-5-3-4-6-13(12)17/h3-6,14H,7-11,18H2,1-2H3. The Morgan fingerprint density at radius 1 is 1.45 bits per heavy atom. The van der Waals surface area contributed by atoms with Crippen LogP contribution in [0.1, 0.15) is 32.3 Å².